The standard InChI is InChI=1S/C43H13BF20O3/c45-23-19(24(46)32(54)39(61)31(23)53)12-1-5-14(6-2-12)43(67-44(65)66,15-7-3-13(4-8-15)20-25(47)33(55)40(62)34(56)26(20)48)16-9-10-17(21-27(49)35(57)41(63)36(58)28(21)50)18(11-16)22-29(51)37(59)42(64)38(60)30(22)52/h1-11,65-66H. The number of hydrogen-bond donors (Lipinski definition) is 2. The molecule has 7 aromatic rings. The van der Waals surface area contributed by atoms with Crippen molar-refractivity contribution in [3.63, 3.8) is 0 Å². The molecule has 0 aliphatic rings. The summed E-state index contributed by atoms with van der Waals surface area (Å²) in [6.07, 6.45) is 0. The zero-order valence-electron chi connectivity index (χ0n) is 31.8. The molecule has 0 radical (unpaired) electrons. The maximum absolute atomic E-state index is 15.7. The van der Waals surface area contributed by atoms with Crippen LogP contribution in [0.5, 0.6) is 0 Å². The lowest BCUT2D eigenvalue weighted by Gasteiger charge is -2.37. The van der Waals surface area contributed by atoms with Crippen LogP contribution in [-0.4, -0.2) is 17.4 Å². The molecule has 0 saturated heterocycles. The van der Waals surface area contributed by atoms with Gasteiger partial charge in [-0.1, -0.05) is 60.7 Å². The topological polar surface area (TPSA) is 49.7 Å². The van der Waals surface area contributed by atoms with Gasteiger partial charge in [-0.2, -0.15) is 0 Å². The zero-order chi connectivity index (χ0) is 49.5. The minimum Gasteiger partial charge on any atom is -0.402 e. The summed E-state index contributed by atoms with van der Waals surface area (Å²) in [6, 6.07) is 5.49. The molecule has 67 heavy (non-hydrogen) atoms. The van der Waals surface area contributed by atoms with Crippen LogP contribution >= 0.6 is 0 Å². The summed E-state index contributed by atoms with van der Waals surface area (Å²) in [7, 11) is -3.20. The molecule has 3 nitrogen and oxygen atoms in total. The van der Waals surface area contributed by atoms with Crippen LogP contribution < -0.4 is 0 Å². The highest BCUT2D eigenvalue weighted by atomic mass is 19.2. The van der Waals surface area contributed by atoms with Crippen molar-refractivity contribution in [1.29, 1.82) is 0 Å². The average molecular weight is 968 g/mol. The molecule has 0 atom stereocenters. The van der Waals surface area contributed by atoms with Crippen LogP contribution in [0.25, 0.3) is 44.5 Å². The Bertz CT molecular complexity index is 2970. The first-order valence-corrected chi connectivity index (χ1v) is 17.9. The fourth-order valence-corrected chi connectivity index (χ4v) is 7.19. The van der Waals surface area contributed by atoms with Gasteiger partial charge in [0.2, 0.25) is 23.3 Å². The molecule has 346 valence electrons. The molecule has 0 aliphatic heterocycles. The lowest BCUT2D eigenvalue weighted by molar-refractivity contribution is 0.0816. The Balaban J connectivity index is 1.62. The van der Waals surface area contributed by atoms with Crippen LogP contribution in [0.4, 0.5) is 87.8 Å². The number of rotatable bonds is 9. The second-order valence-electron chi connectivity index (χ2n) is 13.8. The van der Waals surface area contributed by atoms with E-state index in [2.05, 4.69) is 0 Å². The van der Waals surface area contributed by atoms with Gasteiger partial charge in [0.05, 0.1) is 22.3 Å². The van der Waals surface area contributed by atoms with E-state index in [0.29, 0.717) is 54.6 Å². The maximum Gasteiger partial charge on any atom is 0.635 e. The van der Waals surface area contributed by atoms with E-state index in [1.54, 1.807) is 0 Å². The van der Waals surface area contributed by atoms with E-state index >= 15 is 17.6 Å². The van der Waals surface area contributed by atoms with Gasteiger partial charge in [-0.15, -0.1) is 0 Å². The quantitative estimate of drug-likeness (QED) is 0.0498. The van der Waals surface area contributed by atoms with Crippen molar-refractivity contribution in [2.24, 2.45) is 0 Å². The van der Waals surface area contributed by atoms with Crippen LogP contribution in [-0.2, 0) is 10.3 Å². The van der Waals surface area contributed by atoms with E-state index in [4.69, 9.17) is 4.65 Å². The van der Waals surface area contributed by atoms with Gasteiger partial charge in [-0.05, 0) is 45.0 Å². The lowest BCUT2D eigenvalue weighted by Crippen LogP contribution is -2.39. The Hall–Kier alpha value is -6.92. The molecule has 24 heteroatoms. The van der Waals surface area contributed by atoms with E-state index in [9.17, 15) is 80.3 Å². The summed E-state index contributed by atoms with van der Waals surface area (Å²) in [5.74, 6) is -52.3. The Labute approximate surface area is 359 Å². The molecule has 2 N–H and O–H groups in total. The molecule has 0 aromatic heterocycles. The third kappa shape index (κ3) is 7.42. The van der Waals surface area contributed by atoms with Gasteiger partial charge in [-0.25, -0.2) is 87.8 Å². The highest BCUT2D eigenvalue weighted by Gasteiger charge is 2.43. The SMILES string of the molecule is OB(O)OC(c1ccc(-c2c(F)c(F)c(F)c(F)c2F)cc1)(c1ccc(-c2c(F)c(F)c(F)c(F)c2F)cc1)c1ccc(-c2c(F)c(F)c(F)c(F)c2F)c(-c2c(F)c(F)c(F)c(F)c2F)c1. The lowest BCUT2D eigenvalue weighted by atomic mass is 9.76. The van der Waals surface area contributed by atoms with Crippen LogP contribution in [0, 0.1) is 116 Å². The van der Waals surface area contributed by atoms with E-state index in [1.807, 2.05) is 0 Å². The maximum atomic E-state index is 15.7. The average Bonchev–Trinajstić information content (AvgIpc) is 3.31. The van der Waals surface area contributed by atoms with E-state index < -0.39 is 190 Å². The van der Waals surface area contributed by atoms with Gasteiger partial charge in [0, 0.05) is 0 Å². The minimum absolute atomic E-state index is 0.157. The van der Waals surface area contributed by atoms with Crippen molar-refractivity contribution in [3.8, 4) is 44.5 Å². The third-order valence-electron chi connectivity index (χ3n) is 10.2. The highest BCUT2D eigenvalue weighted by Crippen LogP contribution is 2.48. The van der Waals surface area contributed by atoms with Crippen molar-refractivity contribution in [1.82, 2.24) is 0 Å². The number of halogens is 20. The van der Waals surface area contributed by atoms with Gasteiger partial charge in [0.1, 0.15) is 5.60 Å². The highest BCUT2D eigenvalue weighted by molar-refractivity contribution is 6.33. The Kier molecular flexibility index (Phi) is 12.5. The predicted octanol–water partition coefficient (Wildman–Crippen LogP) is 12.4. The predicted molar refractivity (Wildman–Crippen MR) is 191 cm³/mol. The van der Waals surface area contributed by atoms with Gasteiger partial charge in [-0.3, -0.25) is 0 Å². The summed E-state index contributed by atoms with van der Waals surface area (Å²) >= 11 is 0. The second kappa shape index (κ2) is 17.4. The molecular weight excluding hydrogens is 955 g/mol. The van der Waals surface area contributed by atoms with Crippen molar-refractivity contribution < 1.29 is 103 Å². The van der Waals surface area contributed by atoms with Crippen LogP contribution in [0.1, 0.15) is 16.7 Å². The van der Waals surface area contributed by atoms with Crippen LogP contribution in [0.3, 0.4) is 0 Å². The molecule has 7 aromatic carbocycles. The molecule has 7 rings (SSSR count). The minimum atomic E-state index is -3.20. The number of hydrogen-bond acceptors (Lipinski definition) is 3. The molecule has 0 amide bonds. The number of benzene rings is 7. The van der Waals surface area contributed by atoms with E-state index in [0.717, 1.165) is 0 Å². The molecule has 0 saturated carbocycles. The molecule has 0 spiro atoms. The zero-order valence-corrected chi connectivity index (χ0v) is 31.8. The van der Waals surface area contributed by atoms with Crippen molar-refractivity contribution in [2.75, 3.05) is 0 Å². The smallest absolute Gasteiger partial charge is 0.402 e. The van der Waals surface area contributed by atoms with Crippen molar-refractivity contribution >= 4 is 7.32 Å². The van der Waals surface area contributed by atoms with Gasteiger partial charge in [0.15, 0.2) is 93.1 Å². The van der Waals surface area contributed by atoms with E-state index in [1.165, 1.54) is 0 Å². The second-order valence-corrected chi connectivity index (χ2v) is 13.8. The Morgan fingerprint density at radius 3 is 0.806 bits per heavy atom. The monoisotopic (exact) mass is 968 g/mol. The Morgan fingerprint density at radius 1 is 0.284 bits per heavy atom. The van der Waals surface area contributed by atoms with Gasteiger partial charge in [0.25, 0.3) is 0 Å². The van der Waals surface area contributed by atoms with Crippen molar-refractivity contribution in [3.05, 3.63) is 200 Å². The Morgan fingerprint density at radius 2 is 0.522 bits per heavy atom. The van der Waals surface area contributed by atoms with Crippen molar-refractivity contribution in [2.45, 2.75) is 5.60 Å². The third-order valence-corrected chi connectivity index (χ3v) is 10.2. The van der Waals surface area contributed by atoms with Gasteiger partial charge >= 0.3 is 7.32 Å². The van der Waals surface area contributed by atoms with E-state index in [-0.39, 0.29) is 12.1 Å². The molecule has 0 bridgehead atoms. The van der Waals surface area contributed by atoms with Crippen LogP contribution in [0.2, 0.25) is 0 Å². The first-order chi connectivity index (χ1) is 31.4. The normalized spacial score (nSPS) is 11.8. The summed E-state index contributed by atoms with van der Waals surface area (Å²) in [5, 5.41) is 20.7. The summed E-state index contributed by atoms with van der Waals surface area (Å²) in [6.45, 7) is 0. The first-order valence-electron chi connectivity index (χ1n) is 17.9. The largest absolute Gasteiger partial charge is 0.635 e. The molecule has 0 fully saturated rings. The summed E-state index contributed by atoms with van der Waals surface area (Å²) < 4.78 is 299. The van der Waals surface area contributed by atoms with Gasteiger partial charge < -0.3 is 14.7 Å². The molecule has 0 unspecified atom stereocenters. The molecule has 0 aliphatic carbocycles. The fraction of sp³-hybridized carbons (Fsp3) is 0.0233. The molecular formula is C43H13BF20O3. The molecule has 0 heterocycles. The first kappa shape index (κ1) is 48.0. The van der Waals surface area contributed by atoms with Crippen LogP contribution in [0.15, 0.2) is 66.7 Å². The fourth-order valence-electron chi connectivity index (χ4n) is 7.19. The summed E-state index contributed by atoms with van der Waals surface area (Å²) in [5.41, 5.74) is -18.1. The summed E-state index contributed by atoms with van der Waals surface area (Å²) in [4.78, 5) is 0.